The van der Waals surface area contributed by atoms with Crippen molar-refractivity contribution in [2.75, 3.05) is 26.2 Å². The molecule has 2 aliphatic rings. The first kappa shape index (κ1) is 9.47. The van der Waals surface area contributed by atoms with E-state index in [1.54, 1.807) is 0 Å². The highest BCUT2D eigenvalue weighted by molar-refractivity contribution is 4.79. The van der Waals surface area contributed by atoms with E-state index in [0.29, 0.717) is 0 Å². The minimum Gasteiger partial charge on any atom is -0.314 e. The van der Waals surface area contributed by atoms with E-state index < -0.39 is 0 Å². The standard InChI is InChI=1S/C11H22N2/c1-10-8-13(9-10)7-5-11-4-2-3-6-12-11/h10-12H,2-9H2,1H3. The van der Waals surface area contributed by atoms with E-state index in [4.69, 9.17) is 0 Å². The normalized spacial score (nSPS) is 31.6. The lowest BCUT2D eigenvalue weighted by Gasteiger charge is -2.38. The molecule has 2 nitrogen and oxygen atoms in total. The van der Waals surface area contributed by atoms with Crippen molar-refractivity contribution in [2.24, 2.45) is 5.92 Å². The summed E-state index contributed by atoms with van der Waals surface area (Å²) < 4.78 is 0. The average Bonchev–Trinajstić information content (AvgIpc) is 2.12. The van der Waals surface area contributed by atoms with Crippen molar-refractivity contribution in [1.29, 1.82) is 0 Å². The van der Waals surface area contributed by atoms with E-state index in [9.17, 15) is 0 Å². The SMILES string of the molecule is CC1CN(CCC2CCCCN2)C1. The molecule has 0 radical (unpaired) electrons. The van der Waals surface area contributed by atoms with Crippen molar-refractivity contribution in [1.82, 2.24) is 10.2 Å². The van der Waals surface area contributed by atoms with Gasteiger partial charge in [-0.05, 0) is 38.3 Å². The first-order chi connectivity index (χ1) is 6.34. The molecule has 1 atom stereocenters. The third-order valence-corrected chi connectivity index (χ3v) is 3.35. The second-order valence-electron chi connectivity index (χ2n) is 4.80. The fourth-order valence-electron chi connectivity index (χ4n) is 2.52. The third kappa shape index (κ3) is 2.68. The molecule has 2 heterocycles. The van der Waals surface area contributed by atoms with E-state index in [1.165, 1.54) is 51.9 Å². The zero-order valence-corrected chi connectivity index (χ0v) is 8.76. The van der Waals surface area contributed by atoms with Crippen LogP contribution in [0.3, 0.4) is 0 Å². The minimum absolute atomic E-state index is 0.824. The molecule has 2 heteroatoms. The Kier molecular flexibility index (Phi) is 3.23. The maximum atomic E-state index is 3.61. The quantitative estimate of drug-likeness (QED) is 0.711. The molecule has 0 aromatic heterocycles. The van der Waals surface area contributed by atoms with Crippen LogP contribution in [0.2, 0.25) is 0 Å². The topological polar surface area (TPSA) is 15.3 Å². The predicted molar refractivity (Wildman–Crippen MR) is 55.9 cm³/mol. The Morgan fingerprint density at radius 3 is 2.77 bits per heavy atom. The summed E-state index contributed by atoms with van der Waals surface area (Å²) >= 11 is 0. The second-order valence-corrected chi connectivity index (χ2v) is 4.80. The maximum Gasteiger partial charge on any atom is 0.00792 e. The molecule has 2 rings (SSSR count). The smallest absolute Gasteiger partial charge is 0.00792 e. The molecule has 13 heavy (non-hydrogen) atoms. The van der Waals surface area contributed by atoms with Gasteiger partial charge in [-0.3, -0.25) is 0 Å². The van der Waals surface area contributed by atoms with Crippen LogP contribution in [0.1, 0.15) is 32.6 Å². The maximum absolute atomic E-state index is 3.61. The Bertz CT molecular complexity index is 146. The Balaban J connectivity index is 1.56. The lowest BCUT2D eigenvalue weighted by atomic mass is 9.99. The summed E-state index contributed by atoms with van der Waals surface area (Å²) in [5.74, 6) is 0.958. The van der Waals surface area contributed by atoms with Gasteiger partial charge >= 0.3 is 0 Å². The molecule has 0 saturated carbocycles. The van der Waals surface area contributed by atoms with Crippen LogP contribution in [0.5, 0.6) is 0 Å². The van der Waals surface area contributed by atoms with Gasteiger partial charge in [0.15, 0.2) is 0 Å². The van der Waals surface area contributed by atoms with Crippen LogP contribution in [0.25, 0.3) is 0 Å². The van der Waals surface area contributed by atoms with Crippen molar-refractivity contribution >= 4 is 0 Å². The van der Waals surface area contributed by atoms with Crippen LogP contribution in [0.4, 0.5) is 0 Å². The first-order valence-electron chi connectivity index (χ1n) is 5.80. The van der Waals surface area contributed by atoms with Crippen LogP contribution in [0.15, 0.2) is 0 Å². The minimum atomic E-state index is 0.824. The van der Waals surface area contributed by atoms with Gasteiger partial charge in [0.2, 0.25) is 0 Å². The summed E-state index contributed by atoms with van der Waals surface area (Å²) in [5, 5.41) is 3.61. The van der Waals surface area contributed by atoms with Crippen molar-refractivity contribution in [3.8, 4) is 0 Å². The van der Waals surface area contributed by atoms with E-state index in [1.807, 2.05) is 0 Å². The number of nitrogens with zero attached hydrogens (tertiary/aromatic N) is 1. The average molecular weight is 182 g/mol. The van der Waals surface area contributed by atoms with E-state index >= 15 is 0 Å². The van der Waals surface area contributed by atoms with Crippen LogP contribution < -0.4 is 5.32 Å². The van der Waals surface area contributed by atoms with Gasteiger partial charge in [-0.1, -0.05) is 13.3 Å². The van der Waals surface area contributed by atoms with Crippen LogP contribution in [0, 0.1) is 5.92 Å². The molecule has 0 aromatic carbocycles. The molecule has 1 N–H and O–H groups in total. The van der Waals surface area contributed by atoms with Gasteiger partial charge < -0.3 is 10.2 Å². The Morgan fingerprint density at radius 1 is 1.31 bits per heavy atom. The molecule has 0 bridgehead atoms. The number of likely N-dealkylation sites (tertiary alicyclic amines) is 1. The summed E-state index contributed by atoms with van der Waals surface area (Å²) in [6.07, 6.45) is 5.60. The molecular weight excluding hydrogens is 160 g/mol. The number of hydrogen-bond acceptors (Lipinski definition) is 2. The van der Waals surface area contributed by atoms with Crippen LogP contribution in [-0.4, -0.2) is 37.1 Å². The number of rotatable bonds is 3. The molecule has 2 fully saturated rings. The van der Waals surface area contributed by atoms with Crippen LogP contribution >= 0.6 is 0 Å². The molecule has 0 aliphatic carbocycles. The van der Waals surface area contributed by atoms with Gasteiger partial charge in [0.05, 0.1) is 0 Å². The molecule has 0 aromatic rings. The summed E-state index contributed by atoms with van der Waals surface area (Å²) in [5.41, 5.74) is 0. The molecule has 1 unspecified atom stereocenters. The largest absolute Gasteiger partial charge is 0.314 e. The van der Waals surface area contributed by atoms with E-state index in [0.717, 1.165) is 12.0 Å². The lowest BCUT2D eigenvalue weighted by molar-refractivity contribution is 0.106. The highest BCUT2D eigenvalue weighted by Crippen LogP contribution is 2.16. The van der Waals surface area contributed by atoms with Gasteiger partial charge in [0, 0.05) is 19.1 Å². The van der Waals surface area contributed by atoms with Crippen molar-refractivity contribution in [3.05, 3.63) is 0 Å². The number of piperidine rings is 1. The summed E-state index contributed by atoms with van der Waals surface area (Å²) in [7, 11) is 0. The number of nitrogens with one attached hydrogen (secondary N) is 1. The summed E-state index contributed by atoms with van der Waals surface area (Å²) in [6, 6.07) is 0.824. The fourth-order valence-corrected chi connectivity index (χ4v) is 2.52. The highest BCUT2D eigenvalue weighted by Gasteiger charge is 2.23. The molecule has 2 aliphatic heterocycles. The molecule has 76 valence electrons. The predicted octanol–water partition coefficient (Wildman–Crippen LogP) is 1.47. The molecule has 2 saturated heterocycles. The zero-order valence-electron chi connectivity index (χ0n) is 8.76. The molecule has 0 spiro atoms. The zero-order chi connectivity index (χ0) is 9.10. The summed E-state index contributed by atoms with van der Waals surface area (Å²) in [4.78, 5) is 2.58. The van der Waals surface area contributed by atoms with Gasteiger partial charge in [-0.15, -0.1) is 0 Å². The number of hydrogen-bond donors (Lipinski definition) is 1. The van der Waals surface area contributed by atoms with Gasteiger partial charge in [0.1, 0.15) is 0 Å². The van der Waals surface area contributed by atoms with E-state index in [2.05, 4.69) is 17.1 Å². The molecule has 0 amide bonds. The lowest BCUT2D eigenvalue weighted by Crippen LogP contribution is -2.47. The van der Waals surface area contributed by atoms with Crippen LogP contribution in [-0.2, 0) is 0 Å². The third-order valence-electron chi connectivity index (χ3n) is 3.35. The van der Waals surface area contributed by atoms with Gasteiger partial charge in [-0.2, -0.15) is 0 Å². The highest BCUT2D eigenvalue weighted by atomic mass is 15.2. The van der Waals surface area contributed by atoms with E-state index in [-0.39, 0.29) is 0 Å². The Hall–Kier alpha value is -0.0800. The Morgan fingerprint density at radius 2 is 2.15 bits per heavy atom. The van der Waals surface area contributed by atoms with Gasteiger partial charge in [-0.25, -0.2) is 0 Å². The molecular formula is C11H22N2. The van der Waals surface area contributed by atoms with Crippen molar-refractivity contribution in [3.63, 3.8) is 0 Å². The second kappa shape index (κ2) is 4.43. The fraction of sp³-hybridized carbons (Fsp3) is 1.00. The van der Waals surface area contributed by atoms with Crippen molar-refractivity contribution in [2.45, 2.75) is 38.6 Å². The Labute approximate surface area is 81.7 Å². The van der Waals surface area contributed by atoms with Crippen molar-refractivity contribution < 1.29 is 0 Å². The summed E-state index contributed by atoms with van der Waals surface area (Å²) in [6.45, 7) is 7.60. The van der Waals surface area contributed by atoms with Gasteiger partial charge in [0.25, 0.3) is 0 Å². The monoisotopic (exact) mass is 182 g/mol. The first-order valence-corrected chi connectivity index (χ1v) is 5.80.